The lowest BCUT2D eigenvalue weighted by Crippen LogP contribution is -2.31. The van der Waals surface area contributed by atoms with E-state index in [1.165, 1.54) is 10.4 Å². The van der Waals surface area contributed by atoms with Gasteiger partial charge in [0.1, 0.15) is 5.76 Å². The van der Waals surface area contributed by atoms with Crippen LogP contribution in [0, 0.1) is 13.8 Å². The summed E-state index contributed by atoms with van der Waals surface area (Å²) in [5.74, 6) is -0.870. The molecule has 1 heterocycles. The van der Waals surface area contributed by atoms with Crippen LogP contribution in [0.1, 0.15) is 35.7 Å². The maximum absolute atomic E-state index is 12.9. The third kappa shape index (κ3) is 5.52. The number of aromatic nitrogens is 1. The Morgan fingerprint density at radius 3 is 2.38 bits per heavy atom. The minimum Gasteiger partial charge on any atom is -0.451 e. The topological polar surface area (TPSA) is 119 Å². The number of carbonyl (C=O) groups excluding carboxylic acids is 2. The number of rotatable bonds is 9. The van der Waals surface area contributed by atoms with Crippen molar-refractivity contribution in [2.75, 3.05) is 25.0 Å². The molecule has 3 rings (SSSR count). The summed E-state index contributed by atoms with van der Waals surface area (Å²) < 4.78 is 37.8. The minimum absolute atomic E-state index is 0.0189. The van der Waals surface area contributed by atoms with Crippen molar-refractivity contribution in [3.8, 4) is 11.5 Å². The molecule has 180 valence electrons. The lowest BCUT2D eigenvalue weighted by molar-refractivity contribution is -0.119. The summed E-state index contributed by atoms with van der Waals surface area (Å²) in [6.07, 6.45) is 0. The van der Waals surface area contributed by atoms with Gasteiger partial charge in [0.15, 0.2) is 12.3 Å². The van der Waals surface area contributed by atoms with Crippen LogP contribution in [-0.2, 0) is 19.6 Å². The molecular formula is C24H27N3O6S. The Morgan fingerprint density at radius 2 is 1.74 bits per heavy atom. The van der Waals surface area contributed by atoms with Gasteiger partial charge in [-0.25, -0.2) is 18.2 Å². The van der Waals surface area contributed by atoms with E-state index in [-0.39, 0.29) is 27.9 Å². The third-order valence-electron chi connectivity index (χ3n) is 5.14. The zero-order chi connectivity index (χ0) is 24.9. The minimum atomic E-state index is -3.70. The van der Waals surface area contributed by atoms with E-state index >= 15 is 0 Å². The van der Waals surface area contributed by atoms with E-state index in [0.29, 0.717) is 24.2 Å². The second-order valence-electron chi connectivity index (χ2n) is 7.48. The van der Waals surface area contributed by atoms with Crippen molar-refractivity contribution in [1.82, 2.24) is 9.29 Å². The van der Waals surface area contributed by atoms with Crippen molar-refractivity contribution in [3.05, 3.63) is 65.5 Å². The van der Waals surface area contributed by atoms with Gasteiger partial charge in [-0.1, -0.05) is 38.1 Å². The second-order valence-corrected chi connectivity index (χ2v) is 9.39. The number of benzene rings is 2. The van der Waals surface area contributed by atoms with Crippen molar-refractivity contribution in [2.24, 2.45) is 0 Å². The van der Waals surface area contributed by atoms with Gasteiger partial charge in [-0.3, -0.25) is 4.79 Å². The number of amides is 1. The number of nitrogens with one attached hydrogen (secondary N) is 1. The van der Waals surface area contributed by atoms with Crippen LogP contribution in [0.5, 0.6) is 0 Å². The molecule has 3 aromatic rings. The fourth-order valence-electron chi connectivity index (χ4n) is 3.34. The first-order chi connectivity index (χ1) is 16.2. The molecule has 9 nitrogen and oxygen atoms in total. The Kier molecular flexibility index (Phi) is 7.85. The lowest BCUT2D eigenvalue weighted by Gasteiger charge is -2.20. The molecule has 1 N–H and O–H groups in total. The molecule has 2 aromatic carbocycles. The first kappa shape index (κ1) is 25.1. The van der Waals surface area contributed by atoms with Crippen molar-refractivity contribution in [3.63, 3.8) is 0 Å². The Labute approximate surface area is 198 Å². The summed E-state index contributed by atoms with van der Waals surface area (Å²) in [5.41, 5.74) is 1.53. The number of aryl methyl sites for hydroxylation is 2. The molecule has 0 aliphatic heterocycles. The van der Waals surface area contributed by atoms with Crippen LogP contribution in [0.25, 0.3) is 11.5 Å². The first-order valence-electron chi connectivity index (χ1n) is 10.8. The lowest BCUT2D eigenvalue weighted by atomic mass is 10.2. The second kappa shape index (κ2) is 10.6. The SMILES string of the molecule is CCN(CC)S(=O)(=O)c1cc(NC(=O)COC(=O)c2nc(-c3ccccc3)oc2C)ccc1C. The van der Waals surface area contributed by atoms with Crippen LogP contribution in [0.3, 0.4) is 0 Å². The molecule has 0 bridgehead atoms. The smallest absolute Gasteiger partial charge is 0.361 e. The number of hydrogen-bond donors (Lipinski definition) is 1. The van der Waals surface area contributed by atoms with Gasteiger partial charge in [0.25, 0.3) is 5.91 Å². The molecule has 1 amide bonds. The van der Waals surface area contributed by atoms with Crippen molar-refractivity contribution in [1.29, 1.82) is 0 Å². The number of hydrogen-bond acceptors (Lipinski definition) is 7. The van der Waals surface area contributed by atoms with Crippen molar-refractivity contribution < 1.29 is 27.2 Å². The molecule has 0 fully saturated rings. The summed E-state index contributed by atoms with van der Waals surface area (Å²) >= 11 is 0. The maximum atomic E-state index is 12.9. The van der Waals surface area contributed by atoms with Crippen LogP contribution >= 0.6 is 0 Å². The quantitative estimate of drug-likeness (QED) is 0.458. The average molecular weight is 486 g/mol. The molecule has 10 heteroatoms. The molecule has 0 saturated heterocycles. The predicted octanol–water partition coefficient (Wildman–Crippen LogP) is 3.78. The van der Waals surface area contributed by atoms with E-state index in [0.717, 1.165) is 0 Å². The van der Waals surface area contributed by atoms with E-state index < -0.39 is 28.5 Å². The number of oxazole rings is 1. The van der Waals surface area contributed by atoms with Crippen LogP contribution in [0.4, 0.5) is 5.69 Å². The summed E-state index contributed by atoms with van der Waals surface area (Å²) in [4.78, 5) is 29.1. The highest BCUT2D eigenvalue weighted by molar-refractivity contribution is 7.89. The van der Waals surface area contributed by atoms with Gasteiger partial charge >= 0.3 is 5.97 Å². The number of ether oxygens (including phenoxy) is 1. The average Bonchev–Trinajstić information content (AvgIpc) is 3.21. The van der Waals surface area contributed by atoms with Gasteiger partial charge in [0, 0.05) is 24.3 Å². The van der Waals surface area contributed by atoms with Gasteiger partial charge in [-0.15, -0.1) is 0 Å². The van der Waals surface area contributed by atoms with Crippen LogP contribution in [0.2, 0.25) is 0 Å². The number of esters is 1. The summed E-state index contributed by atoms with van der Waals surface area (Å²) in [5, 5.41) is 2.57. The largest absolute Gasteiger partial charge is 0.451 e. The Balaban J connectivity index is 1.67. The van der Waals surface area contributed by atoms with Crippen molar-refractivity contribution >= 4 is 27.6 Å². The predicted molar refractivity (Wildman–Crippen MR) is 127 cm³/mol. The highest BCUT2D eigenvalue weighted by atomic mass is 32.2. The van der Waals surface area contributed by atoms with E-state index in [1.807, 2.05) is 18.2 Å². The number of nitrogens with zero attached hydrogens (tertiary/aromatic N) is 2. The molecule has 0 radical (unpaired) electrons. The van der Waals surface area contributed by atoms with E-state index in [2.05, 4.69) is 10.3 Å². The number of carbonyl (C=O) groups is 2. The number of anilines is 1. The van der Waals surface area contributed by atoms with Gasteiger partial charge in [-0.05, 0) is 43.7 Å². The van der Waals surface area contributed by atoms with Crippen LogP contribution < -0.4 is 5.32 Å². The molecule has 0 spiro atoms. The van der Waals surface area contributed by atoms with Gasteiger partial charge in [0.05, 0.1) is 4.90 Å². The molecule has 0 saturated carbocycles. The monoisotopic (exact) mass is 485 g/mol. The first-order valence-corrected chi connectivity index (χ1v) is 12.2. The Bertz CT molecular complexity index is 1280. The summed E-state index contributed by atoms with van der Waals surface area (Å²) in [7, 11) is -3.70. The molecule has 0 aliphatic rings. The summed E-state index contributed by atoms with van der Waals surface area (Å²) in [6, 6.07) is 13.7. The molecule has 0 atom stereocenters. The van der Waals surface area contributed by atoms with E-state index in [9.17, 15) is 18.0 Å². The molecule has 1 aromatic heterocycles. The Morgan fingerprint density at radius 1 is 1.06 bits per heavy atom. The van der Waals surface area contributed by atoms with Gasteiger partial charge < -0.3 is 14.5 Å². The fourth-order valence-corrected chi connectivity index (χ4v) is 5.05. The maximum Gasteiger partial charge on any atom is 0.361 e. The van der Waals surface area contributed by atoms with E-state index in [4.69, 9.17) is 9.15 Å². The number of sulfonamides is 1. The van der Waals surface area contributed by atoms with Crippen LogP contribution in [-0.4, -0.2) is 49.3 Å². The highest BCUT2D eigenvalue weighted by Crippen LogP contribution is 2.24. The molecule has 34 heavy (non-hydrogen) atoms. The molecule has 0 aliphatic carbocycles. The molecule has 0 unspecified atom stereocenters. The van der Waals surface area contributed by atoms with Crippen molar-refractivity contribution in [2.45, 2.75) is 32.6 Å². The highest BCUT2D eigenvalue weighted by Gasteiger charge is 2.24. The Hall–Kier alpha value is -3.50. The zero-order valence-corrected chi connectivity index (χ0v) is 20.3. The van der Waals surface area contributed by atoms with E-state index in [1.54, 1.807) is 52.0 Å². The van der Waals surface area contributed by atoms with Gasteiger partial charge in [-0.2, -0.15) is 4.31 Å². The molecular weight excluding hydrogens is 458 g/mol. The normalized spacial score (nSPS) is 11.4. The summed E-state index contributed by atoms with van der Waals surface area (Å²) in [6.45, 7) is 6.88. The third-order valence-corrected chi connectivity index (χ3v) is 7.33. The standard InChI is InChI=1S/C24H27N3O6S/c1-5-27(6-2)34(30,31)20-14-19(13-12-16(20)3)25-21(28)15-32-24(29)22-17(4)33-23(26-22)18-10-8-7-9-11-18/h7-14H,5-6,15H2,1-4H3,(H,25,28). The van der Waals surface area contributed by atoms with Crippen LogP contribution in [0.15, 0.2) is 57.8 Å². The fraction of sp³-hybridized carbons (Fsp3) is 0.292. The van der Waals surface area contributed by atoms with Gasteiger partial charge in [0.2, 0.25) is 15.9 Å². The zero-order valence-electron chi connectivity index (χ0n) is 19.5.